The van der Waals surface area contributed by atoms with E-state index >= 15 is 0 Å². The van der Waals surface area contributed by atoms with Crippen LogP contribution in [0.2, 0.25) is 0 Å². The number of carbonyl (C=O) groups excluding carboxylic acids is 1. The fourth-order valence-corrected chi connectivity index (χ4v) is 2.04. The van der Waals surface area contributed by atoms with E-state index in [-0.39, 0.29) is 0 Å². The Kier molecular flexibility index (Phi) is 4.73. The van der Waals surface area contributed by atoms with Crippen LogP contribution in [0.15, 0.2) is 36.5 Å². The first-order valence-electron chi connectivity index (χ1n) is 6.48. The summed E-state index contributed by atoms with van der Waals surface area (Å²) in [5, 5.41) is 12.4. The number of likely N-dealkylation sites (N-methyl/N-ethyl adjacent to an activating group) is 1. The number of nitrogens with one attached hydrogen (secondary N) is 2. The highest BCUT2D eigenvalue weighted by Crippen LogP contribution is 2.29. The molecule has 0 atom stereocenters. The van der Waals surface area contributed by atoms with Gasteiger partial charge in [-0.1, -0.05) is 6.07 Å². The highest BCUT2D eigenvalue weighted by atomic mass is 16.5. The average Bonchev–Trinajstić information content (AvgIpc) is 2.87. The van der Waals surface area contributed by atoms with E-state index in [2.05, 4.69) is 10.3 Å². The Morgan fingerprint density at radius 2 is 2.19 bits per heavy atom. The minimum absolute atomic E-state index is 0.417. The highest BCUT2D eigenvalue weighted by molar-refractivity contribution is 5.95. The molecule has 0 aliphatic rings. The van der Waals surface area contributed by atoms with Crippen molar-refractivity contribution >= 4 is 22.8 Å². The number of fused-ring (bicyclic) bond motifs is 1. The SMILES string of the molecule is CNCCc1c[nH]c2cccc(OC(=O)/C=C\C(=O)O)c12. The maximum absolute atomic E-state index is 11.6. The van der Waals surface area contributed by atoms with Crippen LogP contribution in [0.3, 0.4) is 0 Å². The third-order valence-electron chi connectivity index (χ3n) is 2.97. The zero-order valence-corrected chi connectivity index (χ0v) is 11.6. The molecule has 0 fully saturated rings. The van der Waals surface area contributed by atoms with Crippen LogP contribution in [0.4, 0.5) is 0 Å². The van der Waals surface area contributed by atoms with Gasteiger partial charge in [0.1, 0.15) is 5.75 Å². The van der Waals surface area contributed by atoms with Crippen LogP contribution in [-0.4, -0.2) is 35.6 Å². The number of ether oxygens (including phenoxy) is 1. The number of aliphatic carboxylic acids is 1. The summed E-state index contributed by atoms with van der Waals surface area (Å²) in [5.74, 6) is -1.49. The van der Waals surface area contributed by atoms with Gasteiger partial charge in [-0.2, -0.15) is 0 Å². The van der Waals surface area contributed by atoms with Crippen molar-refractivity contribution in [2.24, 2.45) is 0 Å². The summed E-state index contributed by atoms with van der Waals surface area (Å²) < 4.78 is 5.23. The molecule has 0 unspecified atom stereocenters. The van der Waals surface area contributed by atoms with E-state index in [9.17, 15) is 9.59 Å². The number of rotatable bonds is 6. The lowest BCUT2D eigenvalue weighted by molar-refractivity contribution is -0.133. The number of H-pyrrole nitrogens is 1. The zero-order chi connectivity index (χ0) is 15.2. The van der Waals surface area contributed by atoms with Crippen molar-refractivity contribution in [3.8, 4) is 5.75 Å². The first kappa shape index (κ1) is 14.8. The molecule has 0 saturated carbocycles. The van der Waals surface area contributed by atoms with Gasteiger partial charge in [-0.25, -0.2) is 9.59 Å². The predicted octanol–water partition coefficient (Wildman–Crippen LogP) is 1.48. The van der Waals surface area contributed by atoms with Crippen LogP contribution in [0.5, 0.6) is 5.75 Å². The Bertz CT molecular complexity index is 688. The molecule has 110 valence electrons. The molecule has 0 amide bonds. The summed E-state index contributed by atoms with van der Waals surface area (Å²) in [6, 6.07) is 5.35. The van der Waals surface area contributed by atoms with Crippen LogP contribution < -0.4 is 10.1 Å². The van der Waals surface area contributed by atoms with Gasteiger partial charge in [0.25, 0.3) is 0 Å². The maximum Gasteiger partial charge on any atom is 0.336 e. The van der Waals surface area contributed by atoms with Crippen LogP contribution >= 0.6 is 0 Å². The number of hydrogen-bond donors (Lipinski definition) is 3. The number of carboxylic acids is 1. The Balaban J connectivity index is 2.28. The summed E-state index contributed by atoms with van der Waals surface area (Å²) in [6.07, 6.45) is 4.31. The molecule has 0 spiro atoms. The molecular formula is C15H16N2O4. The Morgan fingerprint density at radius 1 is 1.38 bits per heavy atom. The van der Waals surface area contributed by atoms with E-state index in [0.29, 0.717) is 5.75 Å². The summed E-state index contributed by atoms with van der Waals surface area (Å²) in [5.41, 5.74) is 1.90. The number of carboxylic acid groups (broad SMARTS) is 1. The fraction of sp³-hybridized carbons (Fsp3) is 0.200. The molecule has 1 aromatic carbocycles. The van der Waals surface area contributed by atoms with Crippen LogP contribution in [0.25, 0.3) is 10.9 Å². The minimum atomic E-state index is -1.19. The second kappa shape index (κ2) is 6.71. The number of benzene rings is 1. The van der Waals surface area contributed by atoms with Gasteiger partial charge in [0.15, 0.2) is 0 Å². The molecule has 0 aliphatic heterocycles. The summed E-state index contributed by atoms with van der Waals surface area (Å²) >= 11 is 0. The Labute approximate surface area is 121 Å². The number of aromatic nitrogens is 1. The number of hydrogen-bond acceptors (Lipinski definition) is 4. The summed E-state index contributed by atoms with van der Waals surface area (Å²) in [6.45, 7) is 0.800. The molecule has 1 aromatic heterocycles. The van der Waals surface area contributed by atoms with E-state index in [0.717, 1.165) is 41.6 Å². The molecular weight excluding hydrogens is 272 g/mol. The molecule has 1 heterocycles. The second-order valence-electron chi connectivity index (χ2n) is 4.44. The first-order chi connectivity index (χ1) is 10.1. The van der Waals surface area contributed by atoms with Crippen molar-refractivity contribution in [3.05, 3.63) is 42.1 Å². The normalized spacial score (nSPS) is 11.1. The van der Waals surface area contributed by atoms with Gasteiger partial charge in [0, 0.05) is 29.3 Å². The van der Waals surface area contributed by atoms with Crippen molar-refractivity contribution < 1.29 is 19.4 Å². The van der Waals surface area contributed by atoms with Crippen molar-refractivity contribution in [2.75, 3.05) is 13.6 Å². The molecule has 6 heteroatoms. The van der Waals surface area contributed by atoms with E-state index in [1.165, 1.54) is 0 Å². The van der Waals surface area contributed by atoms with Gasteiger partial charge >= 0.3 is 11.9 Å². The van der Waals surface area contributed by atoms with E-state index in [4.69, 9.17) is 9.84 Å². The van der Waals surface area contributed by atoms with E-state index < -0.39 is 11.9 Å². The second-order valence-corrected chi connectivity index (χ2v) is 4.44. The molecule has 0 saturated heterocycles. The molecule has 3 N–H and O–H groups in total. The largest absolute Gasteiger partial charge is 0.478 e. The highest BCUT2D eigenvalue weighted by Gasteiger charge is 2.11. The van der Waals surface area contributed by atoms with Crippen molar-refractivity contribution in [1.82, 2.24) is 10.3 Å². The van der Waals surface area contributed by atoms with Crippen molar-refractivity contribution in [3.63, 3.8) is 0 Å². The van der Waals surface area contributed by atoms with Crippen LogP contribution in [-0.2, 0) is 16.0 Å². The lowest BCUT2D eigenvalue weighted by Gasteiger charge is -2.05. The Morgan fingerprint density at radius 3 is 2.90 bits per heavy atom. The van der Waals surface area contributed by atoms with Gasteiger partial charge in [-0.15, -0.1) is 0 Å². The quantitative estimate of drug-likeness (QED) is 0.425. The molecule has 2 aromatic rings. The van der Waals surface area contributed by atoms with Gasteiger partial charge < -0.3 is 20.1 Å². The van der Waals surface area contributed by atoms with Gasteiger partial charge in [0.05, 0.1) is 0 Å². The average molecular weight is 288 g/mol. The third-order valence-corrected chi connectivity index (χ3v) is 2.97. The minimum Gasteiger partial charge on any atom is -0.478 e. The summed E-state index contributed by atoms with van der Waals surface area (Å²) in [4.78, 5) is 25.1. The van der Waals surface area contributed by atoms with Gasteiger partial charge in [0.2, 0.25) is 0 Å². The van der Waals surface area contributed by atoms with Crippen molar-refractivity contribution in [2.45, 2.75) is 6.42 Å². The van der Waals surface area contributed by atoms with Gasteiger partial charge in [-0.3, -0.25) is 0 Å². The van der Waals surface area contributed by atoms with E-state index in [1.54, 1.807) is 12.1 Å². The lowest BCUT2D eigenvalue weighted by Crippen LogP contribution is -2.10. The number of carbonyl (C=O) groups is 2. The fourth-order valence-electron chi connectivity index (χ4n) is 2.04. The predicted molar refractivity (Wildman–Crippen MR) is 78.3 cm³/mol. The topological polar surface area (TPSA) is 91.4 Å². The monoisotopic (exact) mass is 288 g/mol. The standard InChI is InChI=1S/C15H16N2O4/c1-16-8-7-10-9-17-11-3-2-4-12(15(10)11)21-14(20)6-5-13(18)19/h2-6,9,16-17H,7-8H2,1H3,(H,18,19)/b6-5-. The lowest BCUT2D eigenvalue weighted by atomic mass is 10.1. The summed E-state index contributed by atoms with van der Waals surface area (Å²) in [7, 11) is 1.87. The Hall–Kier alpha value is -2.60. The molecule has 21 heavy (non-hydrogen) atoms. The zero-order valence-electron chi connectivity index (χ0n) is 11.6. The number of aromatic amines is 1. The molecule has 2 rings (SSSR count). The van der Waals surface area contributed by atoms with Gasteiger partial charge in [-0.05, 0) is 37.7 Å². The third kappa shape index (κ3) is 3.70. The molecule has 0 radical (unpaired) electrons. The first-order valence-corrected chi connectivity index (χ1v) is 6.48. The number of esters is 1. The smallest absolute Gasteiger partial charge is 0.336 e. The van der Waals surface area contributed by atoms with Crippen LogP contribution in [0.1, 0.15) is 5.56 Å². The van der Waals surface area contributed by atoms with E-state index in [1.807, 2.05) is 19.3 Å². The maximum atomic E-state index is 11.6. The van der Waals surface area contributed by atoms with Crippen molar-refractivity contribution in [1.29, 1.82) is 0 Å². The van der Waals surface area contributed by atoms with Crippen LogP contribution in [0, 0.1) is 0 Å². The molecule has 0 bridgehead atoms. The molecule has 6 nitrogen and oxygen atoms in total. The molecule has 0 aliphatic carbocycles.